The molecule has 1 saturated heterocycles. The summed E-state index contributed by atoms with van der Waals surface area (Å²) in [6.45, 7) is 4.90. The van der Waals surface area contributed by atoms with E-state index >= 15 is 0 Å². The second-order valence-corrected chi connectivity index (χ2v) is 22.0. The summed E-state index contributed by atoms with van der Waals surface area (Å²) in [6, 6.07) is 32.5. The number of furan rings is 4. The number of nitrogens with zero attached hydrogens (tertiary/aromatic N) is 6. The first-order valence-electron chi connectivity index (χ1n) is 29.8. The monoisotopic (exact) mass is 1670 g/mol. The zero-order chi connectivity index (χ0) is 76.5. The molecule has 1 aliphatic heterocycles. The number of carboxylic acids is 1. The second-order valence-electron chi connectivity index (χ2n) is 20.6. The van der Waals surface area contributed by atoms with Gasteiger partial charge in [0, 0.05) is 94.0 Å². The van der Waals surface area contributed by atoms with Gasteiger partial charge in [0.05, 0.1) is 98.1 Å². The number of non-ortho nitro benzene ring substituents is 5. The number of rotatable bonds is 14. The molecular formula is C65H63Br2Cu2N9O26. The molecule has 10 aromatic rings. The average molecular weight is 1670 g/mol. The first-order chi connectivity index (χ1) is 49.1. The normalized spacial score (nSPS) is 13.0. The van der Waals surface area contributed by atoms with Gasteiger partial charge >= 0.3 is 43.7 Å². The van der Waals surface area contributed by atoms with Crippen molar-refractivity contribution in [2.24, 2.45) is 11.5 Å². The third kappa shape index (κ3) is 27.3. The standard InChI is InChI=1S/C12H14N2O3.C11H9NO5.C9H5NO5.C8H4BrNO3.C8H5NO3.C7H5NO4.C6H14N2.C4H7BrO2.2Cu.O/c1-17-10-4-2-9(3-5-10)8-14-11(15)6-7-13-12(14)16;1-2-16-11(13)10-5-7-3-4-8(12(14)15)6-9(7)17-10;11-9(12)8-3-5-1-2-6(10(13)14)4-7(5)15-8;9-7-4-13-8-3-5(10(11)12)1-2-6(7)8;10-9(11)7-2-1-6-3-4-12-8(6)5-7;9-4-5-1-2-6(8(11)12)3-7(5)10;7-5-3-1-2-4-6(5)8;1-2-7-4(6)3-5;;;/h2-5H,6-8H2,1H3,(H,13,16);3-6H,2H2,1H3;1-4H,(H,11,12);1-4H;1-5H;1-4,10H;5-6H,1-4,7-8H2;2-3H2,1H3;;;/t;;;;;;5-,6-;;;;/m......1..../s1. The Bertz CT molecular complexity index is 4570. The van der Waals surface area contributed by atoms with Crippen LogP contribution in [-0.4, -0.2) is 120 Å². The number of carbonyl (C=O) groups excluding carboxylic acids is 5. The molecule has 4 aromatic heterocycles. The van der Waals surface area contributed by atoms with Gasteiger partial charge in [-0.25, -0.2) is 14.4 Å². The van der Waals surface area contributed by atoms with Gasteiger partial charge in [0.15, 0.2) is 6.29 Å². The average Bonchev–Trinajstić information content (AvgIpc) is 1.75. The molecule has 7 N–H and O–H groups in total. The molecule has 2 aliphatic rings. The number of phenolic OH excluding ortho intramolecular Hbond substituents is 1. The summed E-state index contributed by atoms with van der Waals surface area (Å²) < 4.78 is 43.1. The number of urea groups is 1. The zero-order valence-corrected chi connectivity index (χ0v) is 59.6. The molecule has 5 heterocycles. The van der Waals surface area contributed by atoms with Crippen LogP contribution in [0.15, 0.2) is 168 Å². The van der Waals surface area contributed by atoms with Gasteiger partial charge in [0.1, 0.15) is 45.4 Å². The number of nitro benzene ring substituents is 5. The van der Waals surface area contributed by atoms with E-state index in [9.17, 15) is 79.3 Å². The van der Waals surface area contributed by atoms with Crippen molar-refractivity contribution < 1.29 is 132 Å². The number of amides is 3. The molecule has 1 radical (unpaired) electrons. The molecule has 0 unspecified atom stereocenters. The summed E-state index contributed by atoms with van der Waals surface area (Å²) in [5, 5.41) is 75.3. The Hall–Kier alpha value is -11.2. The van der Waals surface area contributed by atoms with Gasteiger partial charge in [-0.1, -0.05) is 40.9 Å². The fourth-order valence-corrected chi connectivity index (χ4v) is 9.24. The number of carbonyl (C=O) groups is 6. The summed E-state index contributed by atoms with van der Waals surface area (Å²) in [5.74, 6) is -1.93. The van der Waals surface area contributed by atoms with Crippen molar-refractivity contribution in [3.05, 3.63) is 224 Å². The Morgan fingerprint density at radius 3 is 1.58 bits per heavy atom. The van der Waals surface area contributed by atoms with E-state index in [-0.39, 0.29) is 111 Å². The summed E-state index contributed by atoms with van der Waals surface area (Å²) >= 11 is 9.14. The minimum atomic E-state index is -1.20. The van der Waals surface area contributed by atoms with Crippen LogP contribution in [0, 0.1) is 50.6 Å². The fraction of sp³-hybridized carbons (Fsp3) is 0.231. The molecule has 35 nitrogen and oxygen atoms in total. The van der Waals surface area contributed by atoms with Gasteiger partial charge in [-0.05, 0) is 109 Å². The number of fused-ring (bicyclic) bond motifs is 4. The van der Waals surface area contributed by atoms with Crippen LogP contribution in [0.2, 0.25) is 0 Å². The molecule has 0 spiro atoms. The molecule has 1 aliphatic carbocycles. The number of imide groups is 1. The van der Waals surface area contributed by atoms with Crippen molar-refractivity contribution in [1.82, 2.24) is 10.2 Å². The number of halogens is 2. The molecule has 2 fully saturated rings. The van der Waals surface area contributed by atoms with Gasteiger partial charge in [-0.3, -0.25) is 69.9 Å². The number of aromatic carboxylic acids is 1. The molecule has 1 saturated carbocycles. The number of hydrogen-bond donors (Lipinski definition) is 5. The van der Waals surface area contributed by atoms with E-state index in [1.165, 1.54) is 109 Å². The molecule has 12 rings (SSSR count). The number of nitrogens with two attached hydrogens (primary N) is 2. The maximum atomic E-state index is 11.6. The van der Waals surface area contributed by atoms with Crippen molar-refractivity contribution in [2.75, 3.05) is 32.2 Å². The van der Waals surface area contributed by atoms with Crippen LogP contribution in [0.25, 0.3) is 43.9 Å². The Labute approximate surface area is 622 Å². The zero-order valence-electron chi connectivity index (χ0n) is 54.5. The Morgan fingerprint density at radius 2 is 1.12 bits per heavy atom. The van der Waals surface area contributed by atoms with Gasteiger partial charge in [0.25, 0.3) is 28.4 Å². The third-order valence-corrected chi connectivity index (χ3v) is 14.9. The van der Waals surface area contributed by atoms with Crippen LogP contribution in [0.3, 0.4) is 0 Å². The number of benzene rings is 6. The van der Waals surface area contributed by atoms with E-state index < -0.39 is 36.6 Å². The first kappa shape index (κ1) is 87.0. The van der Waals surface area contributed by atoms with Crippen LogP contribution in [0.4, 0.5) is 33.2 Å². The van der Waals surface area contributed by atoms with Crippen LogP contribution in [-0.2, 0) is 62.5 Å². The number of hydrogen-bond acceptors (Lipinski definition) is 27. The quantitative estimate of drug-likeness (QED) is 0.0169. The number of alkyl halides is 1. The van der Waals surface area contributed by atoms with Crippen molar-refractivity contribution in [2.45, 2.75) is 64.6 Å². The van der Waals surface area contributed by atoms with E-state index in [1.54, 1.807) is 39.2 Å². The summed E-state index contributed by atoms with van der Waals surface area (Å²) in [7, 11) is 1.59. The van der Waals surface area contributed by atoms with Gasteiger partial charge in [-0.15, -0.1) is 0 Å². The molecular weight excluding hydrogens is 1610 g/mol. The number of methoxy groups -OCH3 is 1. The number of nitro groups is 5. The van der Waals surface area contributed by atoms with E-state index in [4.69, 9.17) is 52.7 Å². The number of nitrogens with one attached hydrogen (secondary N) is 1. The Morgan fingerprint density at radius 1 is 0.654 bits per heavy atom. The molecule has 560 valence electrons. The molecule has 39 heteroatoms. The molecule has 104 heavy (non-hydrogen) atoms. The summed E-state index contributed by atoms with van der Waals surface area (Å²) in [5.41, 5.74) is 13.4. The number of phenols is 1. The second kappa shape index (κ2) is 44.3. The number of ether oxygens (including phenoxy) is 3. The van der Waals surface area contributed by atoms with E-state index in [2.05, 4.69) is 57.9 Å². The predicted octanol–water partition coefficient (Wildman–Crippen LogP) is 13.3. The minimum absolute atomic E-state index is 0. The number of carboxylic acid groups (broad SMARTS) is 1. The van der Waals surface area contributed by atoms with E-state index in [0.29, 0.717) is 65.3 Å². The predicted molar refractivity (Wildman–Crippen MR) is 369 cm³/mol. The summed E-state index contributed by atoms with van der Waals surface area (Å²) in [6.07, 6.45) is 8.61. The van der Waals surface area contributed by atoms with Crippen LogP contribution in [0.5, 0.6) is 11.5 Å². The molecule has 6 aromatic carbocycles. The van der Waals surface area contributed by atoms with Crippen LogP contribution >= 0.6 is 31.9 Å². The van der Waals surface area contributed by atoms with Crippen LogP contribution in [0.1, 0.15) is 83.0 Å². The van der Waals surface area contributed by atoms with Crippen molar-refractivity contribution in [3.8, 4) is 11.5 Å². The van der Waals surface area contributed by atoms with E-state index in [1.807, 2.05) is 24.3 Å². The Balaban J connectivity index is 0.000000311. The summed E-state index contributed by atoms with van der Waals surface area (Å²) in [4.78, 5) is 116. The topological polar surface area (TPSA) is 523 Å². The third-order valence-electron chi connectivity index (χ3n) is 13.8. The van der Waals surface area contributed by atoms with Crippen molar-refractivity contribution in [1.29, 1.82) is 0 Å². The first-order valence-corrected chi connectivity index (χ1v) is 32.1. The van der Waals surface area contributed by atoms with Gasteiger partial charge in [0.2, 0.25) is 17.4 Å². The molecule has 0 bridgehead atoms. The number of esters is 2. The number of aldehydes is 1. The van der Waals surface area contributed by atoms with Gasteiger partial charge < -0.3 is 58.9 Å². The fourth-order valence-electron chi connectivity index (χ4n) is 8.66. The Kier molecular flexibility index (Phi) is 37.0. The molecule has 2 atom stereocenters. The van der Waals surface area contributed by atoms with E-state index in [0.717, 1.165) is 51.5 Å². The van der Waals surface area contributed by atoms with Gasteiger partial charge in [-0.2, -0.15) is 0 Å². The molecule has 3 amide bonds. The maximum absolute atomic E-state index is 11.6. The van der Waals surface area contributed by atoms with Crippen molar-refractivity contribution >= 4 is 140 Å². The van der Waals surface area contributed by atoms with Crippen LogP contribution < -0.4 is 21.5 Å². The number of aromatic hydroxyl groups is 1. The SMILES string of the molecule is CCOC(=O)CBr.CCOC(=O)c1cc2ccc([N+](=O)[O-])cc2o1.COc1ccc(CN2C(=O)CCNC2=O)cc1.N[C@@H]1CCCC[C@H]1N.O=C(O)c1cc2ccc([N+](=O)[O-])cc2o1.O=Cc1ccc([N+](=O)[O-])cc1O.O=[N+]([O-])c1ccc2c(Br)coc2c1.O=[N+]([O-])c1ccc2ccoc2c1.[Cu].[O]=[Cu]. The van der Waals surface area contributed by atoms with Crippen molar-refractivity contribution in [3.63, 3.8) is 0 Å².